The topological polar surface area (TPSA) is 73.6 Å². The summed E-state index contributed by atoms with van der Waals surface area (Å²) in [6.07, 6.45) is 6.66. The van der Waals surface area contributed by atoms with Crippen LogP contribution in [0.1, 0.15) is 55.9 Å². The van der Waals surface area contributed by atoms with Gasteiger partial charge in [0, 0.05) is 23.4 Å². The Morgan fingerprint density at radius 2 is 1.95 bits per heavy atom. The summed E-state index contributed by atoms with van der Waals surface area (Å²) in [6.45, 7) is 0. The van der Waals surface area contributed by atoms with Crippen LogP contribution >= 0.6 is 0 Å². The van der Waals surface area contributed by atoms with Crippen molar-refractivity contribution in [2.45, 2.75) is 62.3 Å². The molecule has 4 heteroatoms. The van der Waals surface area contributed by atoms with Crippen LogP contribution in [0.25, 0.3) is 0 Å². The molecule has 0 aliphatic heterocycles. The van der Waals surface area contributed by atoms with Gasteiger partial charge in [0.2, 0.25) is 0 Å². The highest BCUT2D eigenvalue weighted by Crippen LogP contribution is 2.57. The molecule has 2 saturated carbocycles. The zero-order valence-corrected chi connectivity index (χ0v) is 12.2. The minimum absolute atomic E-state index is 0.258. The number of pyridine rings is 1. The first kappa shape index (κ1) is 13.7. The predicted molar refractivity (Wildman–Crippen MR) is 77.5 cm³/mol. The lowest BCUT2D eigenvalue weighted by Crippen LogP contribution is -2.64. The lowest BCUT2D eigenvalue weighted by Gasteiger charge is -2.58. The molecular formula is C17H23NO3. The zero-order chi connectivity index (χ0) is 14.7. The van der Waals surface area contributed by atoms with Gasteiger partial charge in [0.1, 0.15) is 11.7 Å². The molecule has 0 bridgehead atoms. The summed E-state index contributed by atoms with van der Waals surface area (Å²) in [4.78, 5) is 4.38. The number of aliphatic hydroxyl groups is 3. The summed E-state index contributed by atoms with van der Waals surface area (Å²) in [6, 6.07) is 3.64. The van der Waals surface area contributed by atoms with Crippen LogP contribution in [0.3, 0.4) is 0 Å². The van der Waals surface area contributed by atoms with Crippen molar-refractivity contribution in [2.24, 2.45) is 11.8 Å². The van der Waals surface area contributed by atoms with Crippen LogP contribution in [0.2, 0.25) is 0 Å². The molecule has 2 fully saturated rings. The van der Waals surface area contributed by atoms with Crippen LogP contribution in [-0.4, -0.2) is 31.5 Å². The molecule has 0 unspecified atom stereocenters. The van der Waals surface area contributed by atoms with E-state index in [1.165, 1.54) is 0 Å². The number of aromatic nitrogens is 1. The van der Waals surface area contributed by atoms with Crippen molar-refractivity contribution in [3.63, 3.8) is 0 Å². The highest BCUT2D eigenvalue weighted by molar-refractivity contribution is 5.32. The van der Waals surface area contributed by atoms with Gasteiger partial charge in [-0.25, -0.2) is 0 Å². The summed E-state index contributed by atoms with van der Waals surface area (Å²) in [5, 5.41) is 33.2. The highest BCUT2D eigenvalue weighted by atomic mass is 16.3. The maximum atomic E-state index is 11.3. The molecule has 3 aliphatic carbocycles. The van der Waals surface area contributed by atoms with Crippen LogP contribution in [-0.2, 0) is 6.42 Å². The Bertz CT molecular complexity index is 563. The van der Waals surface area contributed by atoms with Gasteiger partial charge in [0.15, 0.2) is 0 Å². The van der Waals surface area contributed by atoms with Crippen molar-refractivity contribution >= 4 is 0 Å². The Morgan fingerprint density at radius 3 is 2.81 bits per heavy atom. The van der Waals surface area contributed by atoms with E-state index in [-0.39, 0.29) is 11.8 Å². The lowest BCUT2D eigenvalue weighted by atomic mass is 9.52. The standard InChI is InChI=1S/C17H23NO3/c19-15-12-5-3-9-18-13(12)10-14-16(20)7-2-1-4-11(16)6-8-17(14,15)21/h3,5,9,11,14-15,19-21H,1-2,4,6-8,10H2/t11-,14-,15+,16+,17-/m1/s1. The molecule has 3 aliphatic rings. The van der Waals surface area contributed by atoms with E-state index >= 15 is 0 Å². The van der Waals surface area contributed by atoms with Crippen molar-refractivity contribution in [3.05, 3.63) is 29.6 Å². The van der Waals surface area contributed by atoms with E-state index in [1.54, 1.807) is 12.3 Å². The number of nitrogens with zero attached hydrogens (tertiary/aromatic N) is 1. The second-order valence-corrected chi connectivity index (χ2v) is 7.16. The van der Waals surface area contributed by atoms with Crippen LogP contribution < -0.4 is 0 Å². The summed E-state index contributed by atoms with van der Waals surface area (Å²) < 4.78 is 0. The molecule has 4 nitrogen and oxygen atoms in total. The van der Waals surface area contributed by atoms with E-state index in [0.717, 1.165) is 43.4 Å². The molecule has 1 aromatic rings. The minimum Gasteiger partial charge on any atom is -0.389 e. The summed E-state index contributed by atoms with van der Waals surface area (Å²) in [5.74, 6) is -0.0459. The molecule has 1 heterocycles. The third-order valence-electron chi connectivity index (χ3n) is 6.28. The van der Waals surface area contributed by atoms with Gasteiger partial charge in [-0.2, -0.15) is 0 Å². The number of hydrogen-bond donors (Lipinski definition) is 3. The van der Waals surface area contributed by atoms with E-state index in [2.05, 4.69) is 4.98 Å². The van der Waals surface area contributed by atoms with Crippen LogP contribution in [0.4, 0.5) is 0 Å². The van der Waals surface area contributed by atoms with Crippen molar-refractivity contribution in [1.82, 2.24) is 4.98 Å². The van der Waals surface area contributed by atoms with Crippen molar-refractivity contribution in [1.29, 1.82) is 0 Å². The zero-order valence-electron chi connectivity index (χ0n) is 12.2. The molecule has 0 spiro atoms. The summed E-state index contributed by atoms with van der Waals surface area (Å²) in [7, 11) is 0. The molecule has 21 heavy (non-hydrogen) atoms. The Morgan fingerprint density at radius 1 is 1.10 bits per heavy atom. The molecule has 1 aromatic heterocycles. The number of rotatable bonds is 0. The van der Waals surface area contributed by atoms with Crippen LogP contribution in [0.5, 0.6) is 0 Å². The molecule has 0 aromatic carbocycles. The average molecular weight is 289 g/mol. The smallest absolute Gasteiger partial charge is 0.110 e. The quantitative estimate of drug-likeness (QED) is 0.680. The molecule has 0 amide bonds. The van der Waals surface area contributed by atoms with Gasteiger partial charge in [-0.3, -0.25) is 4.98 Å². The molecule has 5 atom stereocenters. The Balaban J connectivity index is 1.81. The van der Waals surface area contributed by atoms with E-state index in [9.17, 15) is 15.3 Å². The first-order chi connectivity index (χ1) is 10.1. The molecule has 4 rings (SSSR count). The van der Waals surface area contributed by atoms with Crippen molar-refractivity contribution in [3.8, 4) is 0 Å². The van der Waals surface area contributed by atoms with Gasteiger partial charge in [0.05, 0.1) is 5.60 Å². The Kier molecular flexibility index (Phi) is 2.94. The molecular weight excluding hydrogens is 266 g/mol. The van der Waals surface area contributed by atoms with E-state index in [4.69, 9.17) is 0 Å². The monoisotopic (exact) mass is 289 g/mol. The van der Waals surface area contributed by atoms with Gasteiger partial charge in [-0.1, -0.05) is 18.9 Å². The first-order valence-corrected chi connectivity index (χ1v) is 8.12. The summed E-state index contributed by atoms with van der Waals surface area (Å²) in [5.41, 5.74) is -0.492. The largest absolute Gasteiger partial charge is 0.389 e. The third-order valence-corrected chi connectivity index (χ3v) is 6.28. The maximum Gasteiger partial charge on any atom is 0.110 e. The van der Waals surface area contributed by atoms with Gasteiger partial charge in [0.25, 0.3) is 0 Å². The fourth-order valence-corrected chi connectivity index (χ4v) is 5.13. The maximum absolute atomic E-state index is 11.3. The Hall–Kier alpha value is -0.970. The van der Waals surface area contributed by atoms with E-state index in [0.29, 0.717) is 12.8 Å². The lowest BCUT2D eigenvalue weighted by molar-refractivity contribution is -0.238. The SMILES string of the molecule is O[C@H]1c2cccnc2C[C@H]2[C@]1(O)CC[C@H]1CCCC[C@]12O. The highest BCUT2D eigenvalue weighted by Gasteiger charge is 2.61. The fraction of sp³-hybridized carbons (Fsp3) is 0.706. The van der Waals surface area contributed by atoms with Crippen molar-refractivity contribution < 1.29 is 15.3 Å². The Labute approximate surface area is 124 Å². The number of aliphatic hydroxyl groups excluding tert-OH is 1. The normalized spacial score (nSPS) is 45.4. The van der Waals surface area contributed by atoms with Gasteiger partial charge in [-0.15, -0.1) is 0 Å². The predicted octanol–water partition coefficient (Wildman–Crippen LogP) is 1.73. The first-order valence-electron chi connectivity index (χ1n) is 8.12. The molecule has 3 N–H and O–H groups in total. The summed E-state index contributed by atoms with van der Waals surface area (Å²) >= 11 is 0. The molecule has 0 radical (unpaired) electrons. The minimum atomic E-state index is -1.21. The van der Waals surface area contributed by atoms with Gasteiger partial charge < -0.3 is 15.3 Å². The van der Waals surface area contributed by atoms with Crippen LogP contribution in [0, 0.1) is 11.8 Å². The number of hydrogen-bond acceptors (Lipinski definition) is 4. The third kappa shape index (κ3) is 1.76. The fourth-order valence-electron chi connectivity index (χ4n) is 5.13. The van der Waals surface area contributed by atoms with Gasteiger partial charge in [-0.05, 0) is 44.1 Å². The second kappa shape index (κ2) is 4.51. The van der Waals surface area contributed by atoms with Crippen molar-refractivity contribution in [2.75, 3.05) is 0 Å². The van der Waals surface area contributed by atoms with E-state index < -0.39 is 17.3 Å². The van der Waals surface area contributed by atoms with Crippen LogP contribution in [0.15, 0.2) is 18.3 Å². The van der Waals surface area contributed by atoms with E-state index in [1.807, 2.05) is 6.07 Å². The second-order valence-electron chi connectivity index (χ2n) is 7.16. The average Bonchev–Trinajstić information content (AvgIpc) is 2.50. The molecule has 0 saturated heterocycles. The van der Waals surface area contributed by atoms with Gasteiger partial charge >= 0.3 is 0 Å². The number of fused-ring (bicyclic) bond motifs is 4. The molecule has 114 valence electrons.